The second-order valence-corrected chi connectivity index (χ2v) is 9.73. The van der Waals surface area contributed by atoms with Crippen molar-refractivity contribution in [3.8, 4) is 0 Å². The Morgan fingerprint density at radius 2 is 1.57 bits per heavy atom. The van der Waals surface area contributed by atoms with Crippen LogP contribution < -0.4 is 10.6 Å². The number of carbonyl (C=O) groups is 2. The lowest BCUT2D eigenvalue weighted by atomic mass is 9.86. The summed E-state index contributed by atoms with van der Waals surface area (Å²) in [7, 11) is 0. The minimum absolute atomic E-state index is 0.0260. The number of aliphatic carboxylic acids is 1. The standard InChI is InChI=1S/C22H36N2O4/c1-21(2,3)12-17(14-23-18(19(25)26)13-22(4,5)6)24-20(27)28-15-16-10-8-7-9-11-16/h7-11,17-18,23H,12-15H2,1-6H3,(H,24,27)(H,25,26)/t17-,18+/m1/s1. The Labute approximate surface area is 169 Å². The van der Waals surface area contributed by atoms with Crippen LogP contribution in [0.25, 0.3) is 0 Å². The van der Waals surface area contributed by atoms with Crippen LogP contribution in [0.3, 0.4) is 0 Å². The van der Waals surface area contributed by atoms with Crippen molar-refractivity contribution in [2.45, 2.75) is 73.1 Å². The number of nitrogens with one attached hydrogen (secondary N) is 2. The molecule has 0 spiro atoms. The Kier molecular flexibility index (Phi) is 8.95. The summed E-state index contributed by atoms with van der Waals surface area (Å²) >= 11 is 0. The fourth-order valence-electron chi connectivity index (χ4n) is 2.99. The number of rotatable bonds is 9. The topological polar surface area (TPSA) is 87.7 Å². The summed E-state index contributed by atoms with van der Waals surface area (Å²) in [5.74, 6) is -0.879. The number of hydrogen-bond acceptors (Lipinski definition) is 4. The van der Waals surface area contributed by atoms with Gasteiger partial charge in [-0.25, -0.2) is 4.79 Å². The van der Waals surface area contributed by atoms with Gasteiger partial charge in [-0.3, -0.25) is 4.79 Å². The predicted molar refractivity (Wildman–Crippen MR) is 111 cm³/mol. The second-order valence-electron chi connectivity index (χ2n) is 9.73. The molecule has 158 valence electrons. The zero-order valence-corrected chi connectivity index (χ0v) is 18.0. The Morgan fingerprint density at radius 1 is 1.00 bits per heavy atom. The average molecular weight is 393 g/mol. The van der Waals surface area contributed by atoms with Crippen molar-refractivity contribution in [2.24, 2.45) is 10.8 Å². The summed E-state index contributed by atoms with van der Waals surface area (Å²) in [4.78, 5) is 23.8. The van der Waals surface area contributed by atoms with Gasteiger partial charge in [0.05, 0.1) is 0 Å². The van der Waals surface area contributed by atoms with E-state index in [1.165, 1.54) is 0 Å². The van der Waals surface area contributed by atoms with E-state index >= 15 is 0 Å². The molecule has 1 aromatic rings. The molecule has 0 aliphatic rings. The van der Waals surface area contributed by atoms with Gasteiger partial charge >= 0.3 is 12.1 Å². The third-order valence-corrected chi connectivity index (χ3v) is 4.12. The summed E-state index contributed by atoms with van der Waals surface area (Å²) < 4.78 is 5.31. The second kappa shape index (κ2) is 10.5. The van der Waals surface area contributed by atoms with Gasteiger partial charge in [0.25, 0.3) is 0 Å². The van der Waals surface area contributed by atoms with E-state index in [0.29, 0.717) is 19.4 Å². The van der Waals surface area contributed by atoms with E-state index in [4.69, 9.17) is 4.74 Å². The number of benzene rings is 1. The van der Waals surface area contributed by atoms with Gasteiger partial charge in [-0.1, -0.05) is 71.9 Å². The van der Waals surface area contributed by atoms with Gasteiger partial charge < -0.3 is 20.5 Å². The lowest BCUT2D eigenvalue weighted by molar-refractivity contribution is -0.140. The first-order chi connectivity index (χ1) is 12.9. The molecular weight excluding hydrogens is 356 g/mol. The van der Waals surface area contributed by atoms with E-state index < -0.39 is 18.1 Å². The first-order valence-electron chi connectivity index (χ1n) is 9.79. The first kappa shape index (κ1) is 24.0. The van der Waals surface area contributed by atoms with Crippen LogP contribution in [0, 0.1) is 10.8 Å². The predicted octanol–water partition coefficient (Wildman–Crippen LogP) is 4.20. The highest BCUT2D eigenvalue weighted by atomic mass is 16.5. The number of carboxylic acids is 1. The van der Waals surface area contributed by atoms with E-state index in [1.807, 2.05) is 51.1 Å². The van der Waals surface area contributed by atoms with Crippen molar-refractivity contribution in [1.29, 1.82) is 0 Å². The molecule has 0 heterocycles. The van der Waals surface area contributed by atoms with Crippen LogP contribution in [0.4, 0.5) is 4.79 Å². The quantitative estimate of drug-likeness (QED) is 0.586. The summed E-state index contributed by atoms with van der Waals surface area (Å²) in [6.45, 7) is 12.8. The zero-order valence-electron chi connectivity index (χ0n) is 18.0. The molecule has 0 unspecified atom stereocenters. The van der Waals surface area contributed by atoms with Crippen LogP contribution in [0.5, 0.6) is 0 Å². The molecule has 6 nitrogen and oxygen atoms in total. The summed E-state index contributed by atoms with van der Waals surface area (Å²) in [6, 6.07) is 8.59. The van der Waals surface area contributed by atoms with E-state index in [-0.39, 0.29) is 23.5 Å². The van der Waals surface area contributed by atoms with Gasteiger partial charge in [-0.05, 0) is 29.2 Å². The SMILES string of the molecule is CC(C)(C)C[C@H](CN[C@@H](CC(C)(C)C)C(=O)O)NC(=O)OCc1ccccc1. The molecule has 1 aromatic carbocycles. The van der Waals surface area contributed by atoms with Crippen molar-refractivity contribution in [3.05, 3.63) is 35.9 Å². The van der Waals surface area contributed by atoms with Crippen LogP contribution in [0.2, 0.25) is 0 Å². The molecule has 0 aromatic heterocycles. The highest BCUT2D eigenvalue weighted by Crippen LogP contribution is 2.23. The molecule has 0 bridgehead atoms. The number of carboxylic acid groups (broad SMARTS) is 1. The van der Waals surface area contributed by atoms with Gasteiger partial charge in [-0.15, -0.1) is 0 Å². The molecule has 0 fully saturated rings. The van der Waals surface area contributed by atoms with Gasteiger partial charge in [0.2, 0.25) is 0 Å². The molecule has 0 aliphatic heterocycles. The Balaban J connectivity index is 2.66. The Morgan fingerprint density at radius 3 is 2.07 bits per heavy atom. The molecule has 1 rings (SSSR count). The molecule has 0 radical (unpaired) electrons. The molecule has 1 amide bonds. The maximum absolute atomic E-state index is 12.2. The Bertz CT molecular complexity index is 618. The van der Waals surface area contributed by atoms with Crippen molar-refractivity contribution >= 4 is 12.1 Å². The number of amides is 1. The fourth-order valence-corrected chi connectivity index (χ4v) is 2.99. The molecular formula is C22H36N2O4. The van der Waals surface area contributed by atoms with Crippen LogP contribution >= 0.6 is 0 Å². The van der Waals surface area contributed by atoms with Gasteiger partial charge in [0, 0.05) is 12.6 Å². The molecule has 28 heavy (non-hydrogen) atoms. The van der Waals surface area contributed by atoms with E-state index in [0.717, 1.165) is 5.56 Å². The van der Waals surface area contributed by atoms with Gasteiger partial charge in [0.1, 0.15) is 12.6 Å². The molecule has 3 N–H and O–H groups in total. The van der Waals surface area contributed by atoms with E-state index in [2.05, 4.69) is 31.4 Å². The summed E-state index contributed by atoms with van der Waals surface area (Å²) in [6.07, 6.45) is 0.702. The third-order valence-electron chi connectivity index (χ3n) is 4.12. The maximum Gasteiger partial charge on any atom is 0.407 e. The first-order valence-corrected chi connectivity index (χ1v) is 9.79. The summed E-state index contributed by atoms with van der Waals surface area (Å²) in [5, 5.41) is 15.5. The lowest BCUT2D eigenvalue weighted by Crippen LogP contribution is -2.49. The largest absolute Gasteiger partial charge is 0.480 e. The van der Waals surface area contributed by atoms with Crippen LogP contribution in [-0.2, 0) is 16.1 Å². The normalized spacial score (nSPS) is 14.2. The smallest absolute Gasteiger partial charge is 0.407 e. The van der Waals surface area contributed by atoms with Crippen LogP contribution in [-0.4, -0.2) is 35.8 Å². The Hall–Kier alpha value is -2.08. The molecule has 0 aliphatic carbocycles. The van der Waals surface area contributed by atoms with E-state index in [9.17, 15) is 14.7 Å². The number of ether oxygens (including phenoxy) is 1. The van der Waals surface area contributed by atoms with Crippen LogP contribution in [0.15, 0.2) is 30.3 Å². The molecule has 0 saturated carbocycles. The minimum atomic E-state index is -0.879. The fraction of sp³-hybridized carbons (Fsp3) is 0.636. The minimum Gasteiger partial charge on any atom is -0.480 e. The van der Waals surface area contributed by atoms with Crippen molar-refractivity contribution < 1.29 is 19.4 Å². The van der Waals surface area contributed by atoms with Crippen molar-refractivity contribution in [3.63, 3.8) is 0 Å². The summed E-state index contributed by atoms with van der Waals surface area (Å²) in [5.41, 5.74) is 0.777. The zero-order chi connectivity index (χ0) is 21.4. The number of hydrogen-bond donors (Lipinski definition) is 3. The van der Waals surface area contributed by atoms with Crippen molar-refractivity contribution in [1.82, 2.24) is 10.6 Å². The monoisotopic (exact) mass is 392 g/mol. The van der Waals surface area contributed by atoms with Crippen molar-refractivity contribution in [2.75, 3.05) is 6.54 Å². The maximum atomic E-state index is 12.2. The number of alkyl carbamates (subject to hydrolysis) is 1. The van der Waals surface area contributed by atoms with Crippen LogP contribution in [0.1, 0.15) is 59.9 Å². The van der Waals surface area contributed by atoms with E-state index in [1.54, 1.807) is 0 Å². The van der Waals surface area contributed by atoms with Gasteiger partial charge in [0.15, 0.2) is 0 Å². The molecule has 2 atom stereocenters. The third kappa shape index (κ3) is 10.9. The molecule has 0 saturated heterocycles. The van der Waals surface area contributed by atoms with Gasteiger partial charge in [-0.2, -0.15) is 0 Å². The average Bonchev–Trinajstić information content (AvgIpc) is 2.55. The highest BCUT2D eigenvalue weighted by molar-refractivity contribution is 5.73. The molecule has 6 heteroatoms. The highest BCUT2D eigenvalue weighted by Gasteiger charge is 2.27. The lowest BCUT2D eigenvalue weighted by Gasteiger charge is -2.29. The number of carbonyl (C=O) groups excluding carboxylic acids is 1.